The van der Waals surface area contributed by atoms with Crippen LogP contribution in [0.1, 0.15) is 22.0 Å². The fraction of sp³-hybridized carbons (Fsp3) is 0.381. The van der Waals surface area contributed by atoms with Gasteiger partial charge in [-0.15, -0.1) is 0 Å². The van der Waals surface area contributed by atoms with Gasteiger partial charge in [0.25, 0.3) is 0 Å². The van der Waals surface area contributed by atoms with Crippen molar-refractivity contribution < 1.29 is 23.7 Å². The van der Waals surface area contributed by atoms with Crippen LogP contribution in [-0.4, -0.2) is 40.3 Å². The minimum absolute atomic E-state index is 0.0641. The minimum Gasteiger partial charge on any atom is -0.493 e. The zero-order valence-corrected chi connectivity index (χ0v) is 15.3. The molecule has 1 fully saturated rings. The highest BCUT2D eigenvalue weighted by atomic mass is 16.5. The number of Topliss-reactive ketones (excluding diaryl/α,β-unsaturated/α-hetero) is 1. The van der Waals surface area contributed by atoms with E-state index in [1.807, 2.05) is 48.5 Å². The van der Waals surface area contributed by atoms with Gasteiger partial charge in [-0.1, -0.05) is 36.4 Å². The number of methoxy groups -OCH3 is 3. The van der Waals surface area contributed by atoms with Crippen LogP contribution in [0.25, 0.3) is 0 Å². The summed E-state index contributed by atoms with van der Waals surface area (Å²) in [5, 5.41) is 0. The molecule has 5 nitrogen and oxygen atoms in total. The number of hydrogen-bond donors (Lipinski definition) is 0. The monoisotopic (exact) mass is 356 g/mol. The van der Waals surface area contributed by atoms with Crippen molar-refractivity contribution in [2.45, 2.75) is 6.10 Å². The van der Waals surface area contributed by atoms with E-state index in [-0.39, 0.29) is 23.7 Å². The molecular formula is C21H24O5. The van der Waals surface area contributed by atoms with Gasteiger partial charge >= 0.3 is 0 Å². The third kappa shape index (κ3) is 3.59. The Morgan fingerprint density at radius 3 is 2.38 bits per heavy atom. The minimum atomic E-state index is -0.269. The van der Waals surface area contributed by atoms with Crippen molar-refractivity contribution in [1.82, 2.24) is 0 Å². The van der Waals surface area contributed by atoms with Crippen molar-refractivity contribution in [2.75, 3.05) is 34.5 Å². The summed E-state index contributed by atoms with van der Waals surface area (Å²) in [7, 11) is 4.86. The number of carbonyl (C=O) groups is 1. The lowest BCUT2D eigenvalue weighted by atomic mass is 9.82. The van der Waals surface area contributed by atoms with Gasteiger partial charge in [-0.25, -0.2) is 0 Å². The Morgan fingerprint density at radius 2 is 1.73 bits per heavy atom. The molecular weight excluding hydrogens is 332 g/mol. The number of rotatable bonds is 7. The average Bonchev–Trinajstić information content (AvgIpc) is 3.18. The summed E-state index contributed by atoms with van der Waals surface area (Å²) in [6, 6.07) is 15.0. The SMILES string of the molecule is COc1ccc(C(OC)[C@@H]2COC[C@H]2C(=O)c2ccccc2)cc1OC. The molecule has 3 atom stereocenters. The maximum Gasteiger partial charge on any atom is 0.168 e. The quantitative estimate of drug-likeness (QED) is 0.710. The van der Waals surface area contributed by atoms with Crippen LogP contribution >= 0.6 is 0 Å². The molecule has 1 unspecified atom stereocenters. The molecule has 1 aliphatic heterocycles. The smallest absolute Gasteiger partial charge is 0.168 e. The van der Waals surface area contributed by atoms with Gasteiger partial charge in [-0.05, 0) is 17.7 Å². The second-order valence-electron chi connectivity index (χ2n) is 6.31. The first-order chi connectivity index (χ1) is 12.7. The average molecular weight is 356 g/mol. The standard InChI is InChI=1S/C21H24O5/c1-23-18-10-9-15(11-19(18)24-2)21(25-3)17-13-26-12-16(17)20(22)14-7-5-4-6-8-14/h4-11,16-17,21H,12-13H2,1-3H3/t16-,17-,21?/m1/s1. The van der Waals surface area contributed by atoms with E-state index in [1.54, 1.807) is 21.3 Å². The molecule has 0 amide bonds. The fourth-order valence-electron chi connectivity index (χ4n) is 3.54. The molecule has 1 saturated heterocycles. The van der Waals surface area contributed by atoms with E-state index >= 15 is 0 Å². The van der Waals surface area contributed by atoms with E-state index < -0.39 is 0 Å². The van der Waals surface area contributed by atoms with Gasteiger partial charge in [0.2, 0.25) is 0 Å². The van der Waals surface area contributed by atoms with E-state index in [4.69, 9.17) is 18.9 Å². The zero-order valence-electron chi connectivity index (χ0n) is 15.3. The van der Waals surface area contributed by atoms with Gasteiger partial charge in [0, 0.05) is 18.6 Å². The van der Waals surface area contributed by atoms with Crippen molar-refractivity contribution in [3.63, 3.8) is 0 Å². The van der Waals surface area contributed by atoms with E-state index in [0.717, 1.165) is 5.56 Å². The van der Waals surface area contributed by atoms with Crippen molar-refractivity contribution in [3.8, 4) is 11.5 Å². The highest BCUT2D eigenvalue weighted by molar-refractivity contribution is 5.98. The Hall–Kier alpha value is -2.37. The number of hydrogen-bond acceptors (Lipinski definition) is 5. The third-order valence-electron chi connectivity index (χ3n) is 4.90. The molecule has 138 valence electrons. The number of ketones is 1. The molecule has 0 radical (unpaired) electrons. The van der Waals surface area contributed by atoms with Crippen LogP contribution in [0.4, 0.5) is 0 Å². The molecule has 0 bridgehead atoms. The van der Waals surface area contributed by atoms with Crippen molar-refractivity contribution in [1.29, 1.82) is 0 Å². The Labute approximate surface area is 153 Å². The zero-order chi connectivity index (χ0) is 18.5. The Balaban J connectivity index is 1.88. The summed E-state index contributed by atoms with van der Waals surface area (Å²) in [6.45, 7) is 0.891. The maximum atomic E-state index is 13.0. The number of benzene rings is 2. The van der Waals surface area contributed by atoms with Crippen LogP contribution in [0.5, 0.6) is 11.5 Å². The molecule has 5 heteroatoms. The predicted octanol–water partition coefficient (Wildman–Crippen LogP) is 3.54. The summed E-state index contributed by atoms with van der Waals surface area (Å²) < 4.78 is 22.1. The van der Waals surface area contributed by atoms with Crippen LogP contribution in [0.15, 0.2) is 48.5 Å². The predicted molar refractivity (Wildman–Crippen MR) is 97.9 cm³/mol. The van der Waals surface area contributed by atoms with Gasteiger partial charge in [-0.3, -0.25) is 4.79 Å². The lowest BCUT2D eigenvalue weighted by Crippen LogP contribution is -2.28. The maximum absolute atomic E-state index is 13.0. The Bertz CT molecular complexity index is 743. The Kier molecular flexibility index (Phi) is 5.91. The summed E-state index contributed by atoms with van der Waals surface area (Å²) in [5.41, 5.74) is 1.64. The van der Waals surface area contributed by atoms with Gasteiger partial charge in [0.05, 0.1) is 39.5 Å². The van der Waals surface area contributed by atoms with E-state index in [0.29, 0.717) is 30.3 Å². The first-order valence-corrected chi connectivity index (χ1v) is 8.61. The summed E-state index contributed by atoms with van der Waals surface area (Å²) >= 11 is 0. The molecule has 0 N–H and O–H groups in total. The van der Waals surface area contributed by atoms with Gasteiger partial charge in [-0.2, -0.15) is 0 Å². The van der Waals surface area contributed by atoms with Crippen LogP contribution in [-0.2, 0) is 9.47 Å². The number of ether oxygens (including phenoxy) is 4. The molecule has 26 heavy (non-hydrogen) atoms. The van der Waals surface area contributed by atoms with E-state index in [2.05, 4.69) is 0 Å². The van der Waals surface area contributed by atoms with Crippen LogP contribution in [0.3, 0.4) is 0 Å². The third-order valence-corrected chi connectivity index (χ3v) is 4.90. The van der Waals surface area contributed by atoms with E-state index in [1.165, 1.54) is 0 Å². The van der Waals surface area contributed by atoms with Crippen molar-refractivity contribution in [3.05, 3.63) is 59.7 Å². The summed E-state index contributed by atoms with van der Waals surface area (Å²) in [4.78, 5) is 13.0. The number of carbonyl (C=O) groups excluding carboxylic acids is 1. The molecule has 0 aliphatic carbocycles. The summed E-state index contributed by atoms with van der Waals surface area (Å²) in [6.07, 6.45) is -0.269. The highest BCUT2D eigenvalue weighted by Crippen LogP contribution is 2.39. The fourth-order valence-corrected chi connectivity index (χ4v) is 3.54. The van der Waals surface area contributed by atoms with Crippen LogP contribution in [0, 0.1) is 11.8 Å². The molecule has 0 saturated carbocycles. The van der Waals surface area contributed by atoms with E-state index in [9.17, 15) is 4.79 Å². The van der Waals surface area contributed by atoms with Crippen LogP contribution in [0.2, 0.25) is 0 Å². The molecule has 1 heterocycles. The molecule has 2 aromatic rings. The van der Waals surface area contributed by atoms with Gasteiger partial charge < -0.3 is 18.9 Å². The molecule has 3 rings (SSSR count). The van der Waals surface area contributed by atoms with Crippen molar-refractivity contribution in [2.24, 2.45) is 11.8 Å². The topological polar surface area (TPSA) is 54.0 Å². The second-order valence-corrected chi connectivity index (χ2v) is 6.31. The second kappa shape index (κ2) is 8.34. The Morgan fingerprint density at radius 1 is 1.00 bits per heavy atom. The van der Waals surface area contributed by atoms with Crippen LogP contribution < -0.4 is 9.47 Å². The molecule has 2 aromatic carbocycles. The van der Waals surface area contributed by atoms with Gasteiger partial charge in [0.1, 0.15) is 0 Å². The molecule has 0 spiro atoms. The van der Waals surface area contributed by atoms with Crippen molar-refractivity contribution >= 4 is 5.78 Å². The first kappa shape index (κ1) is 18.4. The molecule has 0 aromatic heterocycles. The van der Waals surface area contributed by atoms with Gasteiger partial charge in [0.15, 0.2) is 17.3 Å². The summed E-state index contributed by atoms with van der Waals surface area (Å²) in [5.74, 6) is 1.08. The normalized spacial score (nSPS) is 20.6. The molecule has 1 aliphatic rings. The lowest BCUT2D eigenvalue weighted by molar-refractivity contribution is 0.0325. The highest BCUT2D eigenvalue weighted by Gasteiger charge is 2.40. The lowest BCUT2D eigenvalue weighted by Gasteiger charge is -2.26. The largest absolute Gasteiger partial charge is 0.493 e. The first-order valence-electron chi connectivity index (χ1n) is 8.61.